The van der Waals surface area contributed by atoms with Gasteiger partial charge in [-0.05, 0) is 37.0 Å². The zero-order chi connectivity index (χ0) is 12.3. The molecule has 0 amide bonds. The molecule has 0 radical (unpaired) electrons. The number of anilines is 1. The summed E-state index contributed by atoms with van der Waals surface area (Å²) >= 11 is 1.72. The summed E-state index contributed by atoms with van der Waals surface area (Å²) in [5.74, 6) is 0. The second kappa shape index (κ2) is 5.32. The Hall–Kier alpha value is -1.35. The molecule has 1 heterocycles. The van der Waals surface area contributed by atoms with Crippen LogP contribution in [0.4, 0.5) is 5.13 Å². The lowest BCUT2D eigenvalue weighted by molar-refractivity contribution is 0.976. The van der Waals surface area contributed by atoms with Gasteiger partial charge < -0.3 is 5.32 Å². The average Bonchev–Trinajstić information content (AvgIpc) is 2.79. The van der Waals surface area contributed by atoms with Crippen molar-refractivity contribution in [1.29, 1.82) is 0 Å². The van der Waals surface area contributed by atoms with E-state index in [9.17, 15) is 0 Å². The highest BCUT2D eigenvalue weighted by molar-refractivity contribution is 7.18. The third-order valence-corrected chi connectivity index (χ3v) is 3.83. The van der Waals surface area contributed by atoms with Gasteiger partial charge in [0.25, 0.3) is 0 Å². The van der Waals surface area contributed by atoms with Crippen LogP contribution in [0.2, 0.25) is 0 Å². The Morgan fingerprint density at radius 1 is 1.24 bits per heavy atom. The highest BCUT2D eigenvalue weighted by atomic mass is 32.1. The van der Waals surface area contributed by atoms with Gasteiger partial charge >= 0.3 is 0 Å². The lowest BCUT2D eigenvalue weighted by atomic mass is 10.1. The fraction of sp³-hybridized carbons (Fsp3) is 0.357. The van der Waals surface area contributed by atoms with Crippen LogP contribution in [0.3, 0.4) is 0 Å². The van der Waals surface area contributed by atoms with Crippen molar-refractivity contribution < 1.29 is 0 Å². The maximum absolute atomic E-state index is 4.39. The van der Waals surface area contributed by atoms with E-state index >= 15 is 0 Å². The van der Waals surface area contributed by atoms with Crippen molar-refractivity contribution in [3.05, 3.63) is 35.5 Å². The number of aryl methyl sites for hydroxylation is 2. The minimum Gasteiger partial charge on any atom is -0.362 e. The number of hydrogen-bond donors (Lipinski definition) is 1. The molecule has 0 fully saturated rings. The molecule has 0 aliphatic heterocycles. The zero-order valence-corrected chi connectivity index (χ0v) is 11.4. The number of nitrogens with zero attached hydrogens (tertiary/aromatic N) is 1. The number of nitrogens with one attached hydrogen (secondary N) is 1. The first-order valence-corrected chi connectivity index (χ1v) is 6.79. The van der Waals surface area contributed by atoms with E-state index < -0.39 is 0 Å². The van der Waals surface area contributed by atoms with E-state index in [4.69, 9.17) is 0 Å². The lowest BCUT2D eigenvalue weighted by Gasteiger charge is -2.02. The molecule has 1 aromatic heterocycles. The van der Waals surface area contributed by atoms with E-state index in [0.717, 1.165) is 18.1 Å². The third-order valence-electron chi connectivity index (χ3n) is 2.82. The molecule has 0 saturated carbocycles. The Labute approximate surface area is 107 Å². The van der Waals surface area contributed by atoms with Gasteiger partial charge in [0.05, 0.1) is 4.88 Å². The molecule has 2 nitrogen and oxygen atoms in total. The third kappa shape index (κ3) is 2.86. The van der Waals surface area contributed by atoms with Gasteiger partial charge in [0.15, 0.2) is 5.13 Å². The molecule has 2 aromatic rings. The standard InChI is InChI=1S/C14H18N2S/c1-4-7-15-14-16-9-13(17-14)12-6-5-10(2)11(3)8-12/h5-6,8-9H,4,7H2,1-3H3,(H,15,16). The number of aromatic nitrogens is 1. The van der Waals surface area contributed by atoms with E-state index in [1.54, 1.807) is 11.3 Å². The van der Waals surface area contributed by atoms with Crippen LogP contribution in [0, 0.1) is 13.8 Å². The first-order chi connectivity index (χ1) is 8.20. The molecule has 1 N–H and O–H groups in total. The first kappa shape index (κ1) is 12.1. The van der Waals surface area contributed by atoms with Gasteiger partial charge in [0, 0.05) is 12.7 Å². The van der Waals surface area contributed by atoms with Gasteiger partial charge in [0.1, 0.15) is 0 Å². The molecule has 17 heavy (non-hydrogen) atoms. The highest BCUT2D eigenvalue weighted by Gasteiger charge is 2.04. The van der Waals surface area contributed by atoms with Gasteiger partial charge in [-0.3, -0.25) is 0 Å². The van der Waals surface area contributed by atoms with Crippen molar-refractivity contribution in [2.45, 2.75) is 27.2 Å². The van der Waals surface area contributed by atoms with Crippen molar-refractivity contribution in [1.82, 2.24) is 4.98 Å². The van der Waals surface area contributed by atoms with Gasteiger partial charge in [-0.15, -0.1) is 0 Å². The first-order valence-electron chi connectivity index (χ1n) is 5.98. The maximum Gasteiger partial charge on any atom is 0.183 e. The Bertz CT molecular complexity index is 503. The summed E-state index contributed by atoms with van der Waals surface area (Å²) < 4.78 is 0. The predicted molar refractivity (Wildman–Crippen MR) is 75.8 cm³/mol. The van der Waals surface area contributed by atoms with Crippen molar-refractivity contribution in [3.8, 4) is 10.4 Å². The monoisotopic (exact) mass is 246 g/mol. The van der Waals surface area contributed by atoms with Crippen LogP contribution in [0.1, 0.15) is 24.5 Å². The van der Waals surface area contributed by atoms with E-state index in [-0.39, 0.29) is 0 Å². The fourth-order valence-electron chi connectivity index (χ4n) is 1.62. The molecule has 0 aliphatic carbocycles. The average molecular weight is 246 g/mol. The number of rotatable bonds is 4. The van der Waals surface area contributed by atoms with Gasteiger partial charge in [-0.2, -0.15) is 0 Å². The molecule has 90 valence electrons. The molecule has 0 spiro atoms. The van der Waals surface area contributed by atoms with E-state index in [1.165, 1.54) is 21.6 Å². The minimum absolute atomic E-state index is 0.986. The van der Waals surface area contributed by atoms with E-state index in [1.807, 2.05) is 6.20 Å². The Morgan fingerprint density at radius 2 is 2.06 bits per heavy atom. The minimum atomic E-state index is 0.986. The summed E-state index contributed by atoms with van der Waals surface area (Å²) in [6.07, 6.45) is 3.07. The van der Waals surface area contributed by atoms with E-state index in [2.05, 4.69) is 49.3 Å². The molecular formula is C14H18N2S. The quantitative estimate of drug-likeness (QED) is 0.872. The second-order valence-electron chi connectivity index (χ2n) is 4.26. The summed E-state index contributed by atoms with van der Waals surface area (Å²) in [6, 6.07) is 6.56. The van der Waals surface area contributed by atoms with Crippen LogP contribution in [-0.4, -0.2) is 11.5 Å². The van der Waals surface area contributed by atoms with Crippen molar-refractivity contribution in [3.63, 3.8) is 0 Å². The van der Waals surface area contributed by atoms with Crippen LogP contribution in [0.15, 0.2) is 24.4 Å². The summed E-state index contributed by atoms with van der Waals surface area (Å²) in [5, 5.41) is 4.33. The van der Waals surface area contributed by atoms with Crippen molar-refractivity contribution in [2.24, 2.45) is 0 Å². The molecular weight excluding hydrogens is 228 g/mol. The molecule has 0 saturated heterocycles. The van der Waals surface area contributed by atoms with E-state index in [0.29, 0.717) is 0 Å². The smallest absolute Gasteiger partial charge is 0.183 e. The summed E-state index contributed by atoms with van der Waals surface area (Å²) in [7, 11) is 0. The van der Waals surface area contributed by atoms with Crippen LogP contribution >= 0.6 is 11.3 Å². The summed E-state index contributed by atoms with van der Waals surface area (Å²) in [4.78, 5) is 5.62. The SMILES string of the molecule is CCCNc1ncc(-c2ccc(C)c(C)c2)s1. The number of hydrogen-bond acceptors (Lipinski definition) is 3. The zero-order valence-electron chi connectivity index (χ0n) is 10.6. The van der Waals surface area contributed by atoms with Crippen molar-refractivity contribution >= 4 is 16.5 Å². The molecule has 1 aromatic carbocycles. The molecule has 0 unspecified atom stereocenters. The van der Waals surface area contributed by atoms with Gasteiger partial charge in [-0.1, -0.05) is 36.5 Å². The predicted octanol–water partition coefficient (Wildman–Crippen LogP) is 4.25. The fourth-order valence-corrected chi connectivity index (χ4v) is 2.45. The largest absolute Gasteiger partial charge is 0.362 e. The Kier molecular flexibility index (Phi) is 3.79. The Morgan fingerprint density at radius 3 is 2.76 bits per heavy atom. The van der Waals surface area contributed by atoms with Crippen LogP contribution in [0.25, 0.3) is 10.4 Å². The number of benzene rings is 1. The van der Waals surface area contributed by atoms with Crippen LogP contribution in [-0.2, 0) is 0 Å². The Balaban J connectivity index is 2.21. The summed E-state index contributed by atoms with van der Waals surface area (Å²) in [6.45, 7) is 7.43. The van der Waals surface area contributed by atoms with Crippen LogP contribution < -0.4 is 5.32 Å². The molecule has 0 atom stereocenters. The highest BCUT2D eigenvalue weighted by Crippen LogP contribution is 2.29. The number of thiazole rings is 1. The lowest BCUT2D eigenvalue weighted by Crippen LogP contribution is -1.97. The topological polar surface area (TPSA) is 24.9 Å². The van der Waals surface area contributed by atoms with Gasteiger partial charge in [-0.25, -0.2) is 4.98 Å². The van der Waals surface area contributed by atoms with Gasteiger partial charge in [0.2, 0.25) is 0 Å². The van der Waals surface area contributed by atoms with Crippen LogP contribution in [0.5, 0.6) is 0 Å². The molecule has 0 aliphatic rings. The second-order valence-corrected chi connectivity index (χ2v) is 5.29. The molecule has 0 bridgehead atoms. The molecule has 2 rings (SSSR count). The maximum atomic E-state index is 4.39. The molecule has 3 heteroatoms. The normalized spacial score (nSPS) is 10.5. The van der Waals surface area contributed by atoms with Crippen molar-refractivity contribution in [2.75, 3.05) is 11.9 Å². The summed E-state index contributed by atoms with van der Waals surface area (Å²) in [5.41, 5.74) is 3.93.